The third-order valence-corrected chi connectivity index (χ3v) is 3.25. The summed E-state index contributed by atoms with van der Waals surface area (Å²) in [5, 5.41) is 20.8. The summed E-state index contributed by atoms with van der Waals surface area (Å²) in [5.74, 6) is -0.951. The van der Waals surface area contributed by atoms with Gasteiger partial charge in [0, 0.05) is 10.9 Å². The Morgan fingerprint density at radius 1 is 1.37 bits per heavy atom. The zero-order valence-corrected chi connectivity index (χ0v) is 11.9. The predicted octanol–water partition coefficient (Wildman–Crippen LogP) is 1.46. The number of rotatable bonds is 5. The number of halogens is 1. The molecule has 0 radical (unpaired) electrons. The number of carboxylic acid groups (broad SMARTS) is 1. The largest absolute Gasteiger partial charge is 0.481 e. The first kappa shape index (κ1) is 13.7. The lowest BCUT2D eigenvalue weighted by atomic mass is 9.96. The standard InChI is InChI=1S/C12H13BrN4O2/c1-17-15-11(14-16-17)7-9(12(18)19)6-8-2-4-10(13)5-3-8/h2-5,9H,6-7H2,1H3,(H,18,19). The molecule has 0 bridgehead atoms. The topological polar surface area (TPSA) is 80.9 Å². The molecular formula is C12H13BrN4O2. The molecule has 0 aliphatic rings. The van der Waals surface area contributed by atoms with Crippen LogP contribution < -0.4 is 0 Å². The highest BCUT2D eigenvalue weighted by Gasteiger charge is 2.21. The van der Waals surface area contributed by atoms with E-state index in [-0.39, 0.29) is 6.42 Å². The van der Waals surface area contributed by atoms with Crippen LogP contribution in [0, 0.1) is 5.92 Å². The van der Waals surface area contributed by atoms with Crippen molar-refractivity contribution in [1.29, 1.82) is 0 Å². The monoisotopic (exact) mass is 324 g/mol. The number of nitrogens with zero attached hydrogens (tertiary/aromatic N) is 4. The van der Waals surface area contributed by atoms with E-state index < -0.39 is 11.9 Å². The molecule has 0 fully saturated rings. The van der Waals surface area contributed by atoms with Gasteiger partial charge in [-0.1, -0.05) is 28.1 Å². The van der Waals surface area contributed by atoms with Crippen LogP contribution in [0.25, 0.3) is 0 Å². The highest BCUT2D eigenvalue weighted by atomic mass is 79.9. The summed E-state index contributed by atoms with van der Waals surface area (Å²) in [5.41, 5.74) is 0.972. The molecule has 0 aliphatic carbocycles. The van der Waals surface area contributed by atoms with Crippen LogP contribution in [0.5, 0.6) is 0 Å². The van der Waals surface area contributed by atoms with E-state index in [0.717, 1.165) is 10.0 Å². The van der Waals surface area contributed by atoms with Gasteiger partial charge in [0.1, 0.15) is 0 Å². The van der Waals surface area contributed by atoms with E-state index in [1.54, 1.807) is 7.05 Å². The Hall–Kier alpha value is -1.76. The number of hydrogen-bond acceptors (Lipinski definition) is 4. The van der Waals surface area contributed by atoms with Crippen molar-refractivity contribution in [2.75, 3.05) is 0 Å². The van der Waals surface area contributed by atoms with Crippen LogP contribution in [-0.4, -0.2) is 31.3 Å². The van der Waals surface area contributed by atoms with Crippen LogP contribution in [0.4, 0.5) is 0 Å². The average molecular weight is 325 g/mol. The van der Waals surface area contributed by atoms with Crippen LogP contribution in [-0.2, 0) is 24.7 Å². The number of aliphatic carboxylic acids is 1. The van der Waals surface area contributed by atoms with Gasteiger partial charge in [-0.3, -0.25) is 4.79 Å². The van der Waals surface area contributed by atoms with Gasteiger partial charge >= 0.3 is 5.97 Å². The Bertz CT molecular complexity index is 567. The van der Waals surface area contributed by atoms with E-state index >= 15 is 0 Å². The van der Waals surface area contributed by atoms with Crippen LogP contribution in [0.15, 0.2) is 28.7 Å². The van der Waals surface area contributed by atoms with E-state index in [2.05, 4.69) is 31.3 Å². The van der Waals surface area contributed by atoms with Gasteiger partial charge < -0.3 is 5.11 Å². The molecule has 0 amide bonds. The maximum atomic E-state index is 11.3. The van der Waals surface area contributed by atoms with Gasteiger partial charge in [0.2, 0.25) is 0 Å². The molecule has 0 saturated heterocycles. The molecular weight excluding hydrogens is 312 g/mol. The molecule has 19 heavy (non-hydrogen) atoms. The second kappa shape index (κ2) is 5.92. The van der Waals surface area contributed by atoms with E-state index in [1.807, 2.05) is 24.3 Å². The van der Waals surface area contributed by atoms with E-state index in [1.165, 1.54) is 4.80 Å². The molecule has 7 heteroatoms. The number of tetrazole rings is 1. The Labute approximate surface area is 118 Å². The number of aryl methyl sites for hydroxylation is 1. The molecule has 0 aliphatic heterocycles. The van der Waals surface area contributed by atoms with Gasteiger partial charge in [-0.15, -0.1) is 10.2 Å². The van der Waals surface area contributed by atoms with Crippen molar-refractivity contribution in [3.8, 4) is 0 Å². The molecule has 0 spiro atoms. The number of aromatic nitrogens is 4. The highest BCUT2D eigenvalue weighted by molar-refractivity contribution is 9.10. The first-order valence-corrected chi connectivity index (χ1v) is 6.54. The van der Waals surface area contributed by atoms with Crippen molar-refractivity contribution in [3.05, 3.63) is 40.1 Å². The summed E-state index contributed by atoms with van der Waals surface area (Å²) in [6, 6.07) is 7.61. The average Bonchev–Trinajstić information content (AvgIpc) is 2.76. The molecule has 1 aromatic carbocycles. The molecule has 1 aromatic heterocycles. The second-order valence-corrected chi connectivity index (χ2v) is 5.18. The maximum Gasteiger partial charge on any atom is 0.307 e. The number of carboxylic acids is 1. The molecule has 2 rings (SSSR count). The number of benzene rings is 1. The van der Waals surface area contributed by atoms with Crippen LogP contribution >= 0.6 is 15.9 Å². The van der Waals surface area contributed by atoms with Crippen molar-refractivity contribution in [1.82, 2.24) is 20.2 Å². The first-order valence-electron chi connectivity index (χ1n) is 5.74. The van der Waals surface area contributed by atoms with Gasteiger partial charge in [0.15, 0.2) is 5.82 Å². The quantitative estimate of drug-likeness (QED) is 0.900. The fourth-order valence-electron chi connectivity index (χ4n) is 1.78. The van der Waals surface area contributed by atoms with Crippen LogP contribution in [0.3, 0.4) is 0 Å². The van der Waals surface area contributed by atoms with Crippen molar-refractivity contribution >= 4 is 21.9 Å². The number of carbonyl (C=O) groups is 1. The summed E-state index contributed by atoms with van der Waals surface area (Å²) in [4.78, 5) is 12.6. The van der Waals surface area contributed by atoms with Crippen molar-refractivity contribution in [3.63, 3.8) is 0 Å². The Balaban J connectivity index is 2.08. The molecule has 1 N–H and O–H groups in total. The number of hydrogen-bond donors (Lipinski definition) is 1. The van der Waals surface area contributed by atoms with Crippen LogP contribution in [0.2, 0.25) is 0 Å². The summed E-state index contributed by atoms with van der Waals surface area (Å²) >= 11 is 3.35. The van der Waals surface area contributed by atoms with E-state index in [0.29, 0.717) is 12.2 Å². The fraction of sp³-hybridized carbons (Fsp3) is 0.333. The molecule has 2 aromatic rings. The minimum Gasteiger partial charge on any atom is -0.481 e. The predicted molar refractivity (Wildman–Crippen MR) is 71.5 cm³/mol. The minimum atomic E-state index is -0.852. The zero-order chi connectivity index (χ0) is 13.8. The third-order valence-electron chi connectivity index (χ3n) is 2.72. The molecule has 100 valence electrons. The Morgan fingerprint density at radius 2 is 2.05 bits per heavy atom. The molecule has 1 unspecified atom stereocenters. The first-order chi connectivity index (χ1) is 9.04. The molecule has 0 saturated carbocycles. The summed E-state index contributed by atoms with van der Waals surface area (Å²) in [6.45, 7) is 0. The lowest BCUT2D eigenvalue weighted by molar-refractivity contribution is -0.141. The smallest absolute Gasteiger partial charge is 0.307 e. The van der Waals surface area contributed by atoms with E-state index in [9.17, 15) is 9.90 Å². The van der Waals surface area contributed by atoms with Gasteiger partial charge in [-0.25, -0.2) is 0 Å². The van der Waals surface area contributed by atoms with Crippen molar-refractivity contribution < 1.29 is 9.90 Å². The van der Waals surface area contributed by atoms with Crippen molar-refractivity contribution in [2.24, 2.45) is 13.0 Å². The molecule has 1 heterocycles. The van der Waals surface area contributed by atoms with Gasteiger partial charge in [0.05, 0.1) is 13.0 Å². The SMILES string of the molecule is Cn1nnc(CC(Cc2ccc(Br)cc2)C(=O)O)n1. The lowest BCUT2D eigenvalue weighted by Gasteiger charge is -2.10. The summed E-state index contributed by atoms with van der Waals surface area (Å²) < 4.78 is 0.971. The zero-order valence-electron chi connectivity index (χ0n) is 10.3. The highest BCUT2D eigenvalue weighted by Crippen LogP contribution is 2.16. The maximum absolute atomic E-state index is 11.3. The Kier molecular flexibility index (Phi) is 4.26. The van der Waals surface area contributed by atoms with Crippen molar-refractivity contribution in [2.45, 2.75) is 12.8 Å². The second-order valence-electron chi connectivity index (χ2n) is 4.26. The van der Waals surface area contributed by atoms with Gasteiger partial charge in [-0.05, 0) is 29.3 Å². The minimum absolute atomic E-state index is 0.277. The lowest BCUT2D eigenvalue weighted by Crippen LogP contribution is -2.20. The Morgan fingerprint density at radius 3 is 2.58 bits per heavy atom. The van der Waals surface area contributed by atoms with E-state index in [4.69, 9.17) is 0 Å². The third kappa shape index (κ3) is 3.85. The summed E-state index contributed by atoms with van der Waals surface area (Å²) in [6.07, 6.45) is 0.722. The van der Waals surface area contributed by atoms with Crippen LogP contribution in [0.1, 0.15) is 11.4 Å². The van der Waals surface area contributed by atoms with Gasteiger partial charge in [0.25, 0.3) is 0 Å². The normalized spacial score (nSPS) is 12.3. The molecule has 1 atom stereocenters. The fourth-order valence-corrected chi connectivity index (χ4v) is 2.04. The summed E-state index contributed by atoms with van der Waals surface area (Å²) in [7, 11) is 1.65. The van der Waals surface area contributed by atoms with Gasteiger partial charge in [-0.2, -0.15) is 4.80 Å². The molecule has 6 nitrogen and oxygen atoms in total.